The average Bonchev–Trinajstić information content (AvgIpc) is 2.30. The molecular formula is C14H14N2Ni. The van der Waals surface area contributed by atoms with Gasteiger partial charge in [-0.1, -0.05) is 24.3 Å². The maximum atomic E-state index is 4.49. The van der Waals surface area contributed by atoms with Gasteiger partial charge in [0.15, 0.2) is 0 Å². The summed E-state index contributed by atoms with van der Waals surface area (Å²) in [5, 5.41) is 0. The van der Waals surface area contributed by atoms with Gasteiger partial charge in [0.25, 0.3) is 0 Å². The standard InChI is InChI=1S/C14H14N2.Ni/c1-11-6-5-7-12(2)14(11)16-10-13-8-3-4-9-15-13;/h3-10H,1-2H3;. The second-order valence-corrected chi connectivity index (χ2v) is 3.75. The van der Waals surface area contributed by atoms with E-state index in [1.807, 2.05) is 24.3 Å². The van der Waals surface area contributed by atoms with E-state index in [-0.39, 0.29) is 16.5 Å². The quantitative estimate of drug-likeness (QED) is 0.605. The van der Waals surface area contributed by atoms with Crippen LogP contribution >= 0.6 is 0 Å². The fourth-order valence-corrected chi connectivity index (χ4v) is 1.59. The van der Waals surface area contributed by atoms with Gasteiger partial charge in [-0.25, -0.2) is 0 Å². The molecule has 0 spiro atoms. The molecule has 2 aromatic rings. The molecule has 0 atom stereocenters. The van der Waals surface area contributed by atoms with Crippen molar-refractivity contribution in [2.75, 3.05) is 0 Å². The molecule has 17 heavy (non-hydrogen) atoms. The van der Waals surface area contributed by atoms with Gasteiger partial charge in [0.1, 0.15) is 0 Å². The monoisotopic (exact) mass is 268 g/mol. The molecule has 0 aliphatic carbocycles. The fraction of sp³-hybridized carbons (Fsp3) is 0.143. The minimum absolute atomic E-state index is 0. The zero-order chi connectivity index (χ0) is 11.4. The number of hydrogen-bond donors (Lipinski definition) is 0. The fourth-order valence-electron chi connectivity index (χ4n) is 1.59. The van der Waals surface area contributed by atoms with Gasteiger partial charge in [0, 0.05) is 22.7 Å². The van der Waals surface area contributed by atoms with E-state index in [0.29, 0.717) is 0 Å². The largest absolute Gasteiger partial charge is 0.255 e. The molecule has 0 radical (unpaired) electrons. The molecule has 0 unspecified atom stereocenters. The zero-order valence-corrected chi connectivity index (χ0v) is 10.8. The average molecular weight is 269 g/mol. The van der Waals surface area contributed by atoms with Crippen molar-refractivity contribution in [2.45, 2.75) is 13.8 Å². The molecule has 0 saturated carbocycles. The Morgan fingerprint density at radius 3 is 2.29 bits per heavy atom. The second-order valence-electron chi connectivity index (χ2n) is 3.75. The van der Waals surface area contributed by atoms with Crippen LogP contribution < -0.4 is 0 Å². The van der Waals surface area contributed by atoms with E-state index in [2.05, 4.69) is 36.0 Å². The summed E-state index contributed by atoms with van der Waals surface area (Å²) in [5.41, 5.74) is 4.29. The Bertz CT molecular complexity index is 487. The topological polar surface area (TPSA) is 25.2 Å². The number of aromatic nitrogens is 1. The molecule has 1 aromatic heterocycles. The number of aryl methyl sites for hydroxylation is 2. The first-order chi connectivity index (χ1) is 7.77. The van der Waals surface area contributed by atoms with Crippen LogP contribution in [0.1, 0.15) is 16.8 Å². The number of rotatable bonds is 2. The molecule has 3 heteroatoms. The van der Waals surface area contributed by atoms with Crippen molar-refractivity contribution in [2.24, 2.45) is 4.99 Å². The van der Waals surface area contributed by atoms with Crippen molar-refractivity contribution in [3.05, 3.63) is 59.4 Å². The molecule has 90 valence electrons. The molecule has 0 N–H and O–H groups in total. The molecule has 0 fully saturated rings. The third-order valence-corrected chi connectivity index (χ3v) is 2.45. The third kappa shape index (κ3) is 3.50. The van der Waals surface area contributed by atoms with Crippen LogP contribution in [0, 0.1) is 13.8 Å². The number of pyridine rings is 1. The molecule has 0 aliphatic rings. The Morgan fingerprint density at radius 2 is 1.71 bits per heavy atom. The zero-order valence-electron chi connectivity index (χ0n) is 9.83. The Balaban J connectivity index is 0.00000144. The van der Waals surface area contributed by atoms with E-state index < -0.39 is 0 Å². The van der Waals surface area contributed by atoms with Crippen LogP contribution in [0.2, 0.25) is 0 Å². The normalized spacial score (nSPS) is 10.2. The molecule has 1 aromatic carbocycles. The maximum absolute atomic E-state index is 4.49. The first-order valence-electron chi connectivity index (χ1n) is 5.28. The Hall–Kier alpha value is -1.47. The molecular weight excluding hydrogens is 255 g/mol. The molecule has 1 heterocycles. The molecule has 2 nitrogen and oxygen atoms in total. The van der Waals surface area contributed by atoms with E-state index in [9.17, 15) is 0 Å². The minimum Gasteiger partial charge on any atom is -0.255 e. The van der Waals surface area contributed by atoms with Gasteiger partial charge >= 0.3 is 0 Å². The molecule has 0 amide bonds. The maximum Gasteiger partial charge on any atom is 0.0812 e. The predicted octanol–water partition coefficient (Wildman–Crippen LogP) is 3.45. The van der Waals surface area contributed by atoms with Crippen LogP contribution in [-0.4, -0.2) is 11.2 Å². The van der Waals surface area contributed by atoms with Gasteiger partial charge < -0.3 is 0 Å². The summed E-state index contributed by atoms with van der Waals surface area (Å²) in [6, 6.07) is 12.0. The SMILES string of the molecule is Cc1cccc(C)c1N=Cc1ccccn1.[Ni]. The van der Waals surface area contributed by atoms with Gasteiger partial charge in [-0.15, -0.1) is 0 Å². The van der Waals surface area contributed by atoms with Crippen molar-refractivity contribution in [1.82, 2.24) is 4.98 Å². The Kier molecular flexibility index (Phi) is 5.05. The van der Waals surface area contributed by atoms with Crippen molar-refractivity contribution in [3.8, 4) is 0 Å². The number of para-hydroxylation sites is 1. The number of hydrogen-bond acceptors (Lipinski definition) is 2. The van der Waals surface area contributed by atoms with Gasteiger partial charge in [0.2, 0.25) is 0 Å². The summed E-state index contributed by atoms with van der Waals surface area (Å²) < 4.78 is 0. The minimum atomic E-state index is 0. The summed E-state index contributed by atoms with van der Waals surface area (Å²) in [5.74, 6) is 0. The van der Waals surface area contributed by atoms with Gasteiger partial charge in [-0.05, 0) is 37.1 Å². The van der Waals surface area contributed by atoms with Crippen LogP contribution in [-0.2, 0) is 16.5 Å². The summed E-state index contributed by atoms with van der Waals surface area (Å²) in [4.78, 5) is 8.69. The second kappa shape index (κ2) is 6.31. The smallest absolute Gasteiger partial charge is 0.0812 e. The van der Waals surface area contributed by atoms with Crippen molar-refractivity contribution < 1.29 is 16.5 Å². The van der Waals surface area contributed by atoms with Gasteiger partial charge in [-0.3, -0.25) is 9.98 Å². The number of nitrogens with zero attached hydrogens (tertiary/aromatic N) is 2. The van der Waals surface area contributed by atoms with Crippen LogP contribution in [0.15, 0.2) is 47.6 Å². The molecule has 2 rings (SSSR count). The van der Waals surface area contributed by atoms with E-state index in [1.165, 1.54) is 11.1 Å². The molecule has 0 aliphatic heterocycles. The van der Waals surface area contributed by atoms with Crippen LogP contribution in [0.4, 0.5) is 5.69 Å². The Labute approximate surface area is 112 Å². The predicted molar refractivity (Wildman–Crippen MR) is 67.4 cm³/mol. The molecule has 0 saturated heterocycles. The van der Waals surface area contributed by atoms with Crippen LogP contribution in [0.5, 0.6) is 0 Å². The van der Waals surface area contributed by atoms with Crippen molar-refractivity contribution >= 4 is 11.9 Å². The van der Waals surface area contributed by atoms with Crippen LogP contribution in [0.25, 0.3) is 0 Å². The van der Waals surface area contributed by atoms with Gasteiger partial charge in [0.05, 0.1) is 17.6 Å². The van der Waals surface area contributed by atoms with E-state index >= 15 is 0 Å². The molecule has 0 bridgehead atoms. The van der Waals surface area contributed by atoms with E-state index in [0.717, 1.165) is 11.4 Å². The summed E-state index contributed by atoms with van der Waals surface area (Å²) in [6.07, 6.45) is 3.57. The number of aliphatic imine (C=N–C) groups is 1. The van der Waals surface area contributed by atoms with Crippen molar-refractivity contribution in [1.29, 1.82) is 0 Å². The third-order valence-electron chi connectivity index (χ3n) is 2.45. The van der Waals surface area contributed by atoms with Gasteiger partial charge in [-0.2, -0.15) is 0 Å². The van der Waals surface area contributed by atoms with E-state index in [4.69, 9.17) is 0 Å². The Morgan fingerprint density at radius 1 is 1.00 bits per heavy atom. The first-order valence-corrected chi connectivity index (χ1v) is 5.28. The van der Waals surface area contributed by atoms with Crippen molar-refractivity contribution in [3.63, 3.8) is 0 Å². The van der Waals surface area contributed by atoms with Crippen LogP contribution in [0.3, 0.4) is 0 Å². The van der Waals surface area contributed by atoms with E-state index in [1.54, 1.807) is 12.4 Å². The summed E-state index contributed by atoms with van der Waals surface area (Å²) >= 11 is 0. The summed E-state index contributed by atoms with van der Waals surface area (Å²) in [7, 11) is 0. The summed E-state index contributed by atoms with van der Waals surface area (Å²) in [6.45, 7) is 4.14. The first kappa shape index (κ1) is 13.6. The number of benzene rings is 1.